The summed E-state index contributed by atoms with van der Waals surface area (Å²) >= 11 is 1.54. The topological polar surface area (TPSA) is 59.8 Å². The molecule has 2 rings (SSSR count). The minimum absolute atomic E-state index is 0.0674. The molecule has 23 heavy (non-hydrogen) atoms. The van der Waals surface area contributed by atoms with Gasteiger partial charge < -0.3 is 15.0 Å². The highest BCUT2D eigenvalue weighted by atomic mass is 32.1. The lowest BCUT2D eigenvalue weighted by Gasteiger charge is -2.18. The van der Waals surface area contributed by atoms with Crippen LogP contribution in [0.25, 0.3) is 0 Å². The average Bonchev–Trinajstić information content (AvgIpc) is 2.83. The fraction of sp³-hybridized carbons (Fsp3) is 0.647. The van der Waals surface area contributed by atoms with Crippen molar-refractivity contribution in [2.24, 2.45) is 5.92 Å². The summed E-state index contributed by atoms with van der Waals surface area (Å²) in [5, 5.41) is 3.61. The van der Waals surface area contributed by atoms with Crippen molar-refractivity contribution in [3.63, 3.8) is 0 Å². The van der Waals surface area contributed by atoms with Crippen molar-refractivity contribution in [1.82, 2.24) is 0 Å². The highest BCUT2D eigenvalue weighted by molar-refractivity contribution is 7.17. The van der Waals surface area contributed by atoms with Gasteiger partial charge in [0.15, 0.2) is 6.04 Å². The number of likely N-dealkylation sites (N-methyl/N-ethyl adjacent to an activating group) is 1. The smallest absolute Gasteiger partial charge is 0.341 e. The molecule has 1 aliphatic rings. The molecule has 2 atom stereocenters. The molecular weight excluding hydrogens is 312 g/mol. The Bertz CT molecular complexity index is 595. The molecule has 0 aliphatic heterocycles. The maximum Gasteiger partial charge on any atom is 0.341 e. The number of esters is 1. The first-order valence-electron chi connectivity index (χ1n) is 8.27. The van der Waals surface area contributed by atoms with Gasteiger partial charge in [0.1, 0.15) is 5.00 Å². The first-order chi connectivity index (χ1) is 10.8. The van der Waals surface area contributed by atoms with Crippen molar-refractivity contribution in [3.8, 4) is 0 Å². The van der Waals surface area contributed by atoms with Gasteiger partial charge in [0.05, 0.1) is 26.3 Å². The molecule has 0 saturated heterocycles. The van der Waals surface area contributed by atoms with E-state index in [0.717, 1.165) is 29.7 Å². The molecule has 128 valence electrons. The van der Waals surface area contributed by atoms with E-state index in [1.807, 2.05) is 21.0 Å². The second kappa shape index (κ2) is 7.45. The van der Waals surface area contributed by atoms with E-state index in [4.69, 9.17) is 4.74 Å². The van der Waals surface area contributed by atoms with Crippen LogP contribution in [-0.4, -0.2) is 38.6 Å². The molecule has 0 bridgehead atoms. The lowest BCUT2D eigenvalue weighted by atomic mass is 9.88. The standard InChI is InChI=1S/C17H26N2O3S/c1-6-22-17(21)14-12-8-7-10(2)9-13(12)23-16(14)18-15(20)11(3)19(4)5/h10-11H,6-9H2,1-5H3,(H,18,20)/p+1/t10-,11-/m1/s1. The quantitative estimate of drug-likeness (QED) is 0.800. The van der Waals surface area contributed by atoms with Gasteiger partial charge in [-0.3, -0.25) is 4.79 Å². The zero-order chi connectivity index (χ0) is 17.1. The van der Waals surface area contributed by atoms with Gasteiger partial charge in [-0.1, -0.05) is 6.92 Å². The summed E-state index contributed by atoms with van der Waals surface area (Å²) in [4.78, 5) is 27.0. The number of anilines is 1. The molecule has 1 aliphatic carbocycles. The van der Waals surface area contributed by atoms with Crippen LogP contribution in [0.2, 0.25) is 0 Å². The number of carbonyl (C=O) groups is 2. The maximum absolute atomic E-state index is 12.4. The lowest BCUT2D eigenvalue weighted by Crippen LogP contribution is -3.11. The SMILES string of the molecule is CCOC(=O)c1c(NC(=O)[C@@H](C)[NH+](C)C)sc2c1CC[C@@H](C)C2. The van der Waals surface area contributed by atoms with Crippen LogP contribution in [-0.2, 0) is 22.4 Å². The molecule has 0 aromatic carbocycles. The number of amides is 1. The Morgan fingerprint density at radius 2 is 2.13 bits per heavy atom. The molecule has 0 radical (unpaired) electrons. The summed E-state index contributed by atoms with van der Waals surface area (Å²) in [6, 6.07) is -0.178. The minimum Gasteiger partial charge on any atom is -0.462 e. The summed E-state index contributed by atoms with van der Waals surface area (Å²) in [6.45, 7) is 6.24. The number of hydrogen-bond donors (Lipinski definition) is 2. The first-order valence-corrected chi connectivity index (χ1v) is 9.09. The minimum atomic E-state index is -0.320. The summed E-state index contributed by atoms with van der Waals surface area (Å²) < 4.78 is 5.22. The molecule has 0 fully saturated rings. The van der Waals surface area contributed by atoms with Crippen molar-refractivity contribution < 1.29 is 19.2 Å². The van der Waals surface area contributed by atoms with E-state index in [1.54, 1.807) is 6.92 Å². The molecule has 0 spiro atoms. The zero-order valence-electron chi connectivity index (χ0n) is 14.6. The van der Waals surface area contributed by atoms with E-state index in [1.165, 1.54) is 16.2 Å². The van der Waals surface area contributed by atoms with E-state index < -0.39 is 0 Å². The number of carbonyl (C=O) groups excluding carboxylic acids is 2. The number of hydrogen-bond acceptors (Lipinski definition) is 4. The van der Waals surface area contributed by atoms with Gasteiger partial charge in [-0.15, -0.1) is 11.3 Å². The van der Waals surface area contributed by atoms with Gasteiger partial charge in [-0.05, 0) is 44.6 Å². The second-order valence-electron chi connectivity index (χ2n) is 6.56. The van der Waals surface area contributed by atoms with E-state index >= 15 is 0 Å². The predicted octanol–water partition coefficient (Wildman–Crippen LogP) is 1.52. The zero-order valence-corrected chi connectivity index (χ0v) is 15.4. The Morgan fingerprint density at radius 1 is 1.43 bits per heavy atom. The molecule has 6 heteroatoms. The Labute approximate surface area is 142 Å². The van der Waals surface area contributed by atoms with Crippen molar-refractivity contribution in [2.45, 2.75) is 46.1 Å². The fourth-order valence-electron chi connectivity index (χ4n) is 2.74. The Hall–Kier alpha value is -1.40. The predicted molar refractivity (Wildman–Crippen MR) is 92.4 cm³/mol. The summed E-state index contributed by atoms with van der Waals surface area (Å²) in [7, 11) is 3.88. The molecule has 1 amide bonds. The van der Waals surface area contributed by atoms with Gasteiger partial charge in [-0.2, -0.15) is 0 Å². The third-order valence-corrected chi connectivity index (χ3v) is 5.66. The number of quaternary nitrogens is 1. The monoisotopic (exact) mass is 339 g/mol. The van der Waals surface area contributed by atoms with Crippen LogP contribution in [0.3, 0.4) is 0 Å². The second-order valence-corrected chi connectivity index (χ2v) is 7.67. The summed E-state index contributed by atoms with van der Waals surface area (Å²) in [5.74, 6) is 0.229. The number of fused-ring (bicyclic) bond motifs is 1. The van der Waals surface area contributed by atoms with Crippen LogP contribution in [0.5, 0.6) is 0 Å². The van der Waals surface area contributed by atoms with Crippen molar-refractivity contribution in [1.29, 1.82) is 0 Å². The number of thiophene rings is 1. The van der Waals surface area contributed by atoms with Crippen LogP contribution in [0.1, 0.15) is 48.0 Å². The largest absolute Gasteiger partial charge is 0.462 e. The number of nitrogens with one attached hydrogen (secondary N) is 2. The van der Waals surface area contributed by atoms with Crippen LogP contribution >= 0.6 is 11.3 Å². The Kier molecular flexibility index (Phi) is 5.81. The third kappa shape index (κ3) is 3.93. The van der Waals surface area contributed by atoms with E-state index in [-0.39, 0.29) is 17.9 Å². The molecule has 1 aromatic heterocycles. The molecular formula is C17H27N2O3S+. The highest BCUT2D eigenvalue weighted by Crippen LogP contribution is 2.40. The summed E-state index contributed by atoms with van der Waals surface area (Å²) in [5.41, 5.74) is 1.65. The van der Waals surface area contributed by atoms with Crippen molar-refractivity contribution in [3.05, 3.63) is 16.0 Å². The van der Waals surface area contributed by atoms with Crippen molar-refractivity contribution >= 4 is 28.2 Å². The first kappa shape index (κ1) is 17.9. The van der Waals surface area contributed by atoms with Crippen LogP contribution in [0.15, 0.2) is 0 Å². The molecule has 1 aromatic rings. The molecule has 5 nitrogen and oxygen atoms in total. The van der Waals surface area contributed by atoms with Gasteiger partial charge in [-0.25, -0.2) is 4.79 Å². The normalized spacial score (nSPS) is 18.4. The Balaban J connectivity index is 2.34. The maximum atomic E-state index is 12.4. The van der Waals surface area contributed by atoms with E-state index in [9.17, 15) is 9.59 Å². The van der Waals surface area contributed by atoms with Gasteiger partial charge >= 0.3 is 5.97 Å². The van der Waals surface area contributed by atoms with E-state index in [0.29, 0.717) is 23.1 Å². The lowest BCUT2D eigenvalue weighted by molar-refractivity contribution is -0.873. The molecule has 2 N–H and O–H groups in total. The molecule has 0 unspecified atom stereocenters. The van der Waals surface area contributed by atoms with Crippen LogP contribution in [0, 0.1) is 5.92 Å². The Morgan fingerprint density at radius 3 is 2.74 bits per heavy atom. The van der Waals surface area contributed by atoms with Gasteiger partial charge in [0.25, 0.3) is 5.91 Å². The van der Waals surface area contributed by atoms with Gasteiger partial charge in [0, 0.05) is 4.88 Å². The number of rotatable bonds is 5. The number of ether oxygens (including phenoxy) is 1. The molecule has 1 heterocycles. The van der Waals surface area contributed by atoms with E-state index in [2.05, 4.69) is 12.2 Å². The highest BCUT2D eigenvalue weighted by Gasteiger charge is 2.30. The summed E-state index contributed by atoms with van der Waals surface area (Å²) in [6.07, 6.45) is 2.92. The van der Waals surface area contributed by atoms with Crippen molar-refractivity contribution in [2.75, 3.05) is 26.0 Å². The van der Waals surface area contributed by atoms with Gasteiger partial charge in [0.2, 0.25) is 0 Å². The third-order valence-electron chi connectivity index (χ3n) is 4.49. The average molecular weight is 339 g/mol. The molecule has 0 saturated carbocycles. The van der Waals surface area contributed by atoms with Crippen LogP contribution < -0.4 is 10.2 Å². The van der Waals surface area contributed by atoms with Crippen LogP contribution in [0.4, 0.5) is 5.00 Å². The fourth-order valence-corrected chi connectivity index (χ4v) is 4.14.